The van der Waals surface area contributed by atoms with Crippen LogP contribution in [0.1, 0.15) is 25.8 Å². The minimum atomic E-state index is 0.0732. The first kappa shape index (κ1) is 15.5. The van der Waals surface area contributed by atoms with Crippen LogP contribution < -0.4 is 4.74 Å². The van der Waals surface area contributed by atoms with E-state index in [4.69, 9.17) is 14.6 Å². The number of ether oxygens (including phenoxy) is 2. The van der Waals surface area contributed by atoms with Gasteiger partial charge >= 0.3 is 0 Å². The van der Waals surface area contributed by atoms with Crippen molar-refractivity contribution in [3.63, 3.8) is 0 Å². The standard InChI is InChI=1S/C15H21NO3/c1-13(2)12-18-7-8-19-15-9-14(10-16-11-15)5-3-4-6-17/h9-11,13,17H,4,6-8,12H2,1-2H3. The number of aromatic nitrogens is 1. The van der Waals surface area contributed by atoms with E-state index in [1.54, 1.807) is 12.4 Å². The second-order valence-electron chi connectivity index (χ2n) is 4.50. The average Bonchev–Trinajstić information content (AvgIpc) is 2.39. The van der Waals surface area contributed by atoms with Crippen LogP contribution in [0.2, 0.25) is 0 Å². The second-order valence-corrected chi connectivity index (χ2v) is 4.50. The zero-order valence-corrected chi connectivity index (χ0v) is 11.6. The highest BCUT2D eigenvalue weighted by Crippen LogP contribution is 2.10. The highest BCUT2D eigenvalue weighted by molar-refractivity contribution is 5.36. The summed E-state index contributed by atoms with van der Waals surface area (Å²) >= 11 is 0. The third-order valence-corrected chi connectivity index (χ3v) is 2.13. The molecule has 0 unspecified atom stereocenters. The average molecular weight is 263 g/mol. The first-order valence-corrected chi connectivity index (χ1v) is 6.47. The summed E-state index contributed by atoms with van der Waals surface area (Å²) in [6, 6.07) is 1.83. The molecule has 19 heavy (non-hydrogen) atoms. The van der Waals surface area contributed by atoms with Crippen LogP contribution in [0.3, 0.4) is 0 Å². The maximum Gasteiger partial charge on any atom is 0.138 e. The molecule has 0 aliphatic carbocycles. The number of hydrogen-bond donors (Lipinski definition) is 1. The summed E-state index contributed by atoms with van der Waals surface area (Å²) < 4.78 is 11.0. The normalized spacial score (nSPS) is 10.1. The van der Waals surface area contributed by atoms with E-state index in [1.807, 2.05) is 6.07 Å². The lowest BCUT2D eigenvalue weighted by Crippen LogP contribution is -2.10. The number of pyridine rings is 1. The molecule has 0 fully saturated rings. The molecule has 0 aromatic carbocycles. The van der Waals surface area contributed by atoms with Gasteiger partial charge in [0.05, 0.1) is 19.4 Å². The van der Waals surface area contributed by atoms with Crippen LogP contribution in [0, 0.1) is 17.8 Å². The summed E-state index contributed by atoms with van der Waals surface area (Å²) in [5.74, 6) is 6.98. The number of rotatable bonds is 7. The van der Waals surface area contributed by atoms with Crippen molar-refractivity contribution < 1.29 is 14.6 Å². The van der Waals surface area contributed by atoms with E-state index in [2.05, 4.69) is 30.7 Å². The highest BCUT2D eigenvalue weighted by atomic mass is 16.5. The molecule has 1 aromatic heterocycles. The third kappa shape index (κ3) is 7.45. The Morgan fingerprint density at radius 1 is 1.32 bits per heavy atom. The van der Waals surface area contributed by atoms with Gasteiger partial charge in [0.2, 0.25) is 0 Å². The largest absolute Gasteiger partial charge is 0.490 e. The van der Waals surface area contributed by atoms with Crippen molar-refractivity contribution in [3.8, 4) is 17.6 Å². The summed E-state index contributed by atoms with van der Waals surface area (Å²) in [6.07, 6.45) is 3.79. The lowest BCUT2D eigenvalue weighted by Gasteiger charge is -2.08. The van der Waals surface area contributed by atoms with Crippen molar-refractivity contribution in [2.45, 2.75) is 20.3 Å². The van der Waals surface area contributed by atoms with Crippen molar-refractivity contribution in [1.29, 1.82) is 0 Å². The van der Waals surface area contributed by atoms with Gasteiger partial charge in [-0.25, -0.2) is 0 Å². The smallest absolute Gasteiger partial charge is 0.138 e. The van der Waals surface area contributed by atoms with Crippen LogP contribution in [0.5, 0.6) is 5.75 Å². The van der Waals surface area contributed by atoms with Gasteiger partial charge in [-0.2, -0.15) is 0 Å². The maximum atomic E-state index is 8.65. The predicted molar refractivity (Wildman–Crippen MR) is 74.0 cm³/mol. The molecule has 1 N–H and O–H groups in total. The molecular formula is C15H21NO3. The van der Waals surface area contributed by atoms with Crippen molar-refractivity contribution in [2.75, 3.05) is 26.4 Å². The molecule has 0 aliphatic rings. The van der Waals surface area contributed by atoms with Crippen LogP contribution in [-0.2, 0) is 4.74 Å². The van der Waals surface area contributed by atoms with E-state index in [0.717, 1.165) is 12.2 Å². The first-order valence-electron chi connectivity index (χ1n) is 6.47. The first-order chi connectivity index (χ1) is 9.22. The van der Waals surface area contributed by atoms with E-state index in [9.17, 15) is 0 Å². The van der Waals surface area contributed by atoms with Gasteiger partial charge in [0.1, 0.15) is 12.4 Å². The van der Waals surface area contributed by atoms with Crippen molar-refractivity contribution >= 4 is 0 Å². The predicted octanol–water partition coefficient (Wildman–Crippen LogP) is 1.87. The zero-order chi connectivity index (χ0) is 13.9. The Kier molecular flexibility index (Phi) is 7.64. The molecule has 0 atom stereocenters. The number of aliphatic hydroxyl groups is 1. The second kappa shape index (κ2) is 9.37. The summed E-state index contributed by atoms with van der Waals surface area (Å²) in [5, 5.41) is 8.65. The van der Waals surface area contributed by atoms with Gasteiger partial charge in [0, 0.05) is 24.8 Å². The van der Waals surface area contributed by atoms with Crippen molar-refractivity contribution in [1.82, 2.24) is 4.98 Å². The number of hydrogen-bond acceptors (Lipinski definition) is 4. The summed E-state index contributed by atoms with van der Waals surface area (Å²) in [7, 11) is 0. The Morgan fingerprint density at radius 3 is 2.89 bits per heavy atom. The summed E-state index contributed by atoms with van der Waals surface area (Å²) in [4.78, 5) is 4.06. The molecule has 0 saturated carbocycles. The molecule has 4 nitrogen and oxygen atoms in total. The molecule has 1 heterocycles. The van der Waals surface area contributed by atoms with Crippen LogP contribution in [0.15, 0.2) is 18.5 Å². The van der Waals surface area contributed by atoms with Gasteiger partial charge in [-0.1, -0.05) is 25.7 Å². The van der Waals surface area contributed by atoms with Gasteiger partial charge in [0.15, 0.2) is 0 Å². The Bertz CT molecular complexity index is 421. The fraction of sp³-hybridized carbons (Fsp3) is 0.533. The number of nitrogens with zero attached hydrogens (tertiary/aromatic N) is 1. The Morgan fingerprint density at radius 2 is 2.16 bits per heavy atom. The Hall–Kier alpha value is -1.57. The Balaban J connectivity index is 2.34. The topological polar surface area (TPSA) is 51.6 Å². The van der Waals surface area contributed by atoms with Gasteiger partial charge in [-0.3, -0.25) is 4.98 Å². The number of aliphatic hydroxyl groups excluding tert-OH is 1. The third-order valence-electron chi connectivity index (χ3n) is 2.13. The fourth-order valence-electron chi connectivity index (χ4n) is 1.32. The molecule has 0 saturated heterocycles. The molecule has 4 heteroatoms. The lowest BCUT2D eigenvalue weighted by molar-refractivity contribution is 0.0818. The molecule has 0 spiro atoms. The molecular weight excluding hydrogens is 242 g/mol. The van der Waals surface area contributed by atoms with Gasteiger partial charge in [0.25, 0.3) is 0 Å². The summed E-state index contributed by atoms with van der Waals surface area (Å²) in [6.45, 7) is 6.11. The van der Waals surface area contributed by atoms with E-state index in [-0.39, 0.29) is 6.61 Å². The van der Waals surface area contributed by atoms with Gasteiger partial charge in [-0.05, 0) is 12.0 Å². The highest BCUT2D eigenvalue weighted by Gasteiger charge is 1.97. The van der Waals surface area contributed by atoms with Crippen LogP contribution >= 0.6 is 0 Å². The molecule has 0 radical (unpaired) electrons. The SMILES string of the molecule is CC(C)COCCOc1cncc(C#CCCO)c1. The van der Waals surface area contributed by atoms with E-state index < -0.39 is 0 Å². The van der Waals surface area contributed by atoms with E-state index >= 15 is 0 Å². The van der Waals surface area contributed by atoms with Gasteiger partial charge in [-0.15, -0.1) is 0 Å². The molecule has 0 aliphatic heterocycles. The quantitative estimate of drug-likeness (QED) is 0.602. The van der Waals surface area contributed by atoms with Crippen LogP contribution in [-0.4, -0.2) is 36.5 Å². The molecule has 104 valence electrons. The monoisotopic (exact) mass is 263 g/mol. The molecule has 1 aromatic rings. The fourth-order valence-corrected chi connectivity index (χ4v) is 1.32. The molecule has 0 amide bonds. The maximum absolute atomic E-state index is 8.65. The minimum Gasteiger partial charge on any atom is -0.490 e. The zero-order valence-electron chi connectivity index (χ0n) is 11.6. The lowest BCUT2D eigenvalue weighted by atomic mass is 10.2. The molecule has 1 rings (SSSR count). The Labute approximate surface area is 114 Å². The summed E-state index contributed by atoms with van der Waals surface area (Å²) in [5.41, 5.74) is 0.786. The minimum absolute atomic E-state index is 0.0732. The van der Waals surface area contributed by atoms with E-state index in [0.29, 0.717) is 31.3 Å². The van der Waals surface area contributed by atoms with Crippen molar-refractivity contribution in [2.24, 2.45) is 5.92 Å². The molecule has 0 bridgehead atoms. The van der Waals surface area contributed by atoms with E-state index in [1.165, 1.54) is 0 Å². The van der Waals surface area contributed by atoms with Crippen LogP contribution in [0.4, 0.5) is 0 Å². The van der Waals surface area contributed by atoms with Crippen LogP contribution in [0.25, 0.3) is 0 Å². The van der Waals surface area contributed by atoms with Crippen molar-refractivity contribution in [3.05, 3.63) is 24.0 Å². The van der Waals surface area contributed by atoms with Gasteiger partial charge < -0.3 is 14.6 Å².